The molecule has 1 aromatic heterocycles. The van der Waals surface area contributed by atoms with E-state index >= 15 is 0 Å². The molecule has 1 aromatic carbocycles. The smallest absolute Gasteiger partial charge is 0.338 e. The second-order valence-corrected chi connectivity index (χ2v) is 7.08. The van der Waals surface area contributed by atoms with E-state index in [0.717, 1.165) is 12.8 Å². The third-order valence-corrected chi connectivity index (χ3v) is 5.06. The number of carbonyl (C=O) groups is 1. The Morgan fingerprint density at radius 3 is 2.54 bits per heavy atom. The van der Waals surface area contributed by atoms with Gasteiger partial charge in [0.2, 0.25) is 5.03 Å². The Morgan fingerprint density at radius 1 is 1.33 bits per heavy atom. The number of anilines is 1. The fourth-order valence-electron chi connectivity index (χ4n) is 1.84. The molecule has 0 atom stereocenters. The predicted molar refractivity (Wildman–Crippen MR) is 90.7 cm³/mol. The number of imidazole rings is 1. The first-order valence-electron chi connectivity index (χ1n) is 7.32. The van der Waals surface area contributed by atoms with Crippen molar-refractivity contribution < 1.29 is 17.9 Å². The number of sulfonamides is 1. The number of ether oxygens (including phenoxy) is 1. The van der Waals surface area contributed by atoms with Gasteiger partial charge in [-0.25, -0.2) is 9.78 Å². The molecule has 0 aliphatic rings. The minimum absolute atomic E-state index is 0.0126. The first-order chi connectivity index (χ1) is 11.3. The van der Waals surface area contributed by atoms with Crippen LogP contribution >= 0.6 is 11.6 Å². The van der Waals surface area contributed by atoms with Crippen LogP contribution in [0, 0.1) is 0 Å². The SMILES string of the molecule is CCCCOC(=O)c1ccc(NS(=O)(=O)c2ncn(C)c2Cl)cc1. The van der Waals surface area contributed by atoms with Gasteiger partial charge in [-0.15, -0.1) is 0 Å². The number of unbranched alkanes of at least 4 members (excludes halogenated alkanes) is 1. The molecule has 24 heavy (non-hydrogen) atoms. The zero-order valence-corrected chi connectivity index (χ0v) is 14.9. The maximum Gasteiger partial charge on any atom is 0.338 e. The van der Waals surface area contributed by atoms with E-state index < -0.39 is 16.0 Å². The lowest BCUT2D eigenvalue weighted by atomic mass is 10.2. The first-order valence-corrected chi connectivity index (χ1v) is 9.18. The van der Waals surface area contributed by atoms with Crippen molar-refractivity contribution in [3.8, 4) is 0 Å². The molecule has 130 valence electrons. The van der Waals surface area contributed by atoms with Crippen molar-refractivity contribution in [1.29, 1.82) is 0 Å². The number of benzene rings is 1. The van der Waals surface area contributed by atoms with Gasteiger partial charge < -0.3 is 9.30 Å². The summed E-state index contributed by atoms with van der Waals surface area (Å²) < 4.78 is 33.4. The van der Waals surface area contributed by atoms with Gasteiger partial charge in [-0.1, -0.05) is 24.9 Å². The Kier molecular flexibility index (Phi) is 5.84. The molecule has 2 aromatic rings. The van der Waals surface area contributed by atoms with Gasteiger partial charge in [0.25, 0.3) is 10.0 Å². The Balaban J connectivity index is 2.08. The highest BCUT2D eigenvalue weighted by Crippen LogP contribution is 2.22. The molecule has 7 nitrogen and oxygen atoms in total. The van der Waals surface area contributed by atoms with Gasteiger partial charge in [-0.3, -0.25) is 4.72 Å². The summed E-state index contributed by atoms with van der Waals surface area (Å²) in [4.78, 5) is 15.6. The number of carbonyl (C=O) groups excluding carboxylic acids is 1. The summed E-state index contributed by atoms with van der Waals surface area (Å²) in [6.07, 6.45) is 3.05. The van der Waals surface area contributed by atoms with Crippen LogP contribution in [0.5, 0.6) is 0 Å². The summed E-state index contributed by atoms with van der Waals surface area (Å²) in [6.45, 7) is 2.37. The van der Waals surface area contributed by atoms with E-state index in [9.17, 15) is 13.2 Å². The van der Waals surface area contributed by atoms with Crippen LogP contribution in [0.3, 0.4) is 0 Å². The normalized spacial score (nSPS) is 11.3. The lowest BCUT2D eigenvalue weighted by Crippen LogP contribution is -2.14. The van der Waals surface area contributed by atoms with Crippen LogP contribution < -0.4 is 4.72 Å². The molecule has 0 aliphatic carbocycles. The average molecular weight is 372 g/mol. The minimum Gasteiger partial charge on any atom is -0.462 e. The number of nitrogens with one attached hydrogen (secondary N) is 1. The molecule has 9 heteroatoms. The highest BCUT2D eigenvalue weighted by Gasteiger charge is 2.22. The molecule has 0 fully saturated rings. The first kappa shape index (κ1) is 18.3. The fourth-order valence-corrected chi connectivity index (χ4v) is 3.34. The molecular weight excluding hydrogens is 354 g/mol. The number of esters is 1. The van der Waals surface area contributed by atoms with E-state index in [2.05, 4.69) is 9.71 Å². The molecule has 0 amide bonds. The van der Waals surface area contributed by atoms with Crippen molar-refractivity contribution in [2.24, 2.45) is 7.05 Å². The van der Waals surface area contributed by atoms with E-state index in [1.807, 2.05) is 6.92 Å². The van der Waals surface area contributed by atoms with Gasteiger partial charge in [0.05, 0.1) is 18.5 Å². The van der Waals surface area contributed by atoms with Crippen molar-refractivity contribution in [1.82, 2.24) is 9.55 Å². The standard InChI is InChI=1S/C15H18ClN3O4S/c1-3-4-9-23-15(20)11-5-7-12(8-6-11)18-24(21,22)14-13(16)19(2)10-17-14/h5-8,10,18H,3-4,9H2,1-2H3. The fraction of sp³-hybridized carbons (Fsp3) is 0.333. The van der Waals surface area contributed by atoms with Gasteiger partial charge >= 0.3 is 5.97 Å². The van der Waals surface area contributed by atoms with E-state index in [-0.39, 0.29) is 10.2 Å². The number of hydrogen-bond donors (Lipinski definition) is 1. The molecular formula is C15H18ClN3O4S. The quantitative estimate of drug-likeness (QED) is 0.597. The molecule has 0 radical (unpaired) electrons. The van der Waals surface area contributed by atoms with Crippen molar-refractivity contribution in [3.05, 3.63) is 41.3 Å². The van der Waals surface area contributed by atoms with Gasteiger partial charge in [0.1, 0.15) is 5.15 Å². The molecule has 2 rings (SSSR count). The number of nitrogens with zero attached hydrogens (tertiary/aromatic N) is 2. The van der Waals surface area contributed by atoms with Crippen LogP contribution in [0.2, 0.25) is 5.15 Å². The van der Waals surface area contributed by atoms with Crippen LogP contribution in [0.4, 0.5) is 5.69 Å². The van der Waals surface area contributed by atoms with Crippen LogP contribution in [0.15, 0.2) is 35.6 Å². The predicted octanol–water partition coefficient (Wildman–Crippen LogP) is 2.83. The minimum atomic E-state index is -3.90. The van der Waals surface area contributed by atoms with Crippen LogP contribution in [-0.4, -0.2) is 30.5 Å². The summed E-state index contributed by atoms with van der Waals surface area (Å²) in [7, 11) is -2.31. The van der Waals surface area contributed by atoms with Gasteiger partial charge in [-0.2, -0.15) is 8.42 Å². The Hall–Kier alpha value is -2.06. The average Bonchev–Trinajstić information content (AvgIpc) is 2.88. The lowest BCUT2D eigenvalue weighted by molar-refractivity contribution is 0.0500. The highest BCUT2D eigenvalue weighted by molar-refractivity contribution is 7.92. The van der Waals surface area contributed by atoms with Crippen molar-refractivity contribution in [2.75, 3.05) is 11.3 Å². The molecule has 0 bridgehead atoms. The Labute approximate surface area is 145 Å². The molecule has 0 aliphatic heterocycles. The van der Waals surface area contributed by atoms with Crippen LogP contribution in [0.25, 0.3) is 0 Å². The van der Waals surface area contributed by atoms with Gasteiger partial charge in [-0.05, 0) is 30.7 Å². The third kappa shape index (κ3) is 4.27. The summed E-state index contributed by atoms with van der Waals surface area (Å²) in [5.41, 5.74) is 0.645. The monoisotopic (exact) mass is 371 g/mol. The molecule has 1 N–H and O–H groups in total. The number of aryl methyl sites for hydroxylation is 1. The summed E-state index contributed by atoms with van der Waals surface area (Å²) in [5.74, 6) is -0.439. The third-order valence-electron chi connectivity index (χ3n) is 3.19. The molecule has 1 heterocycles. The molecule has 0 saturated carbocycles. The topological polar surface area (TPSA) is 90.3 Å². The summed E-state index contributed by atoms with van der Waals surface area (Å²) >= 11 is 5.91. The number of aromatic nitrogens is 2. The van der Waals surface area contributed by atoms with E-state index in [0.29, 0.717) is 17.9 Å². The lowest BCUT2D eigenvalue weighted by Gasteiger charge is -2.08. The van der Waals surface area contributed by atoms with Crippen molar-refractivity contribution in [3.63, 3.8) is 0 Å². The maximum atomic E-state index is 12.3. The zero-order chi connectivity index (χ0) is 17.7. The number of rotatable bonds is 7. The van der Waals surface area contributed by atoms with Gasteiger partial charge in [0.15, 0.2) is 0 Å². The largest absolute Gasteiger partial charge is 0.462 e. The number of hydrogen-bond acceptors (Lipinski definition) is 5. The zero-order valence-electron chi connectivity index (χ0n) is 13.3. The number of halogens is 1. The van der Waals surface area contributed by atoms with E-state index in [4.69, 9.17) is 16.3 Å². The molecule has 0 spiro atoms. The summed E-state index contributed by atoms with van der Waals surface area (Å²) in [6, 6.07) is 5.94. The maximum absolute atomic E-state index is 12.3. The van der Waals surface area contributed by atoms with E-state index in [1.165, 1.54) is 35.2 Å². The molecule has 0 saturated heterocycles. The van der Waals surface area contributed by atoms with Gasteiger partial charge in [0, 0.05) is 12.7 Å². The summed E-state index contributed by atoms with van der Waals surface area (Å²) in [5, 5.41) is -0.242. The second-order valence-electron chi connectivity index (χ2n) is 5.12. The highest BCUT2D eigenvalue weighted by atomic mass is 35.5. The second kappa shape index (κ2) is 7.67. The van der Waals surface area contributed by atoms with Crippen molar-refractivity contribution >= 4 is 33.3 Å². The molecule has 0 unspecified atom stereocenters. The Morgan fingerprint density at radius 2 is 2.00 bits per heavy atom. The van der Waals surface area contributed by atoms with Crippen molar-refractivity contribution in [2.45, 2.75) is 24.8 Å². The van der Waals surface area contributed by atoms with Crippen LogP contribution in [0.1, 0.15) is 30.1 Å². The Bertz CT molecular complexity index is 816. The van der Waals surface area contributed by atoms with E-state index in [1.54, 1.807) is 7.05 Å². The van der Waals surface area contributed by atoms with Crippen LogP contribution in [-0.2, 0) is 21.8 Å².